The number of carbonyl (C=O) groups is 3. The highest BCUT2D eigenvalue weighted by Crippen LogP contribution is 2.34. The Morgan fingerprint density at radius 1 is 0.933 bits per heavy atom. The number of hydrogen-bond acceptors (Lipinski definition) is 4. The van der Waals surface area contributed by atoms with Crippen molar-refractivity contribution in [2.24, 2.45) is 11.7 Å². The van der Waals surface area contributed by atoms with E-state index in [0.717, 1.165) is 38.5 Å². The number of nitrogens with zero attached hydrogens (tertiary/aromatic N) is 2. The number of amides is 3. The lowest BCUT2D eigenvalue weighted by atomic mass is 9.92. The summed E-state index contributed by atoms with van der Waals surface area (Å²) >= 11 is 12.0. The number of nitrogens with two attached hydrogens (primary N) is 1. The molecule has 0 spiro atoms. The predicted octanol–water partition coefficient (Wildman–Crippen LogP) is 2.40. The van der Waals surface area contributed by atoms with E-state index in [2.05, 4.69) is 5.32 Å². The molecule has 1 aliphatic heterocycles. The molecular weight excluding hydrogens is 427 g/mol. The Morgan fingerprint density at radius 2 is 1.60 bits per heavy atom. The van der Waals surface area contributed by atoms with Crippen molar-refractivity contribution < 1.29 is 14.4 Å². The van der Waals surface area contributed by atoms with Crippen LogP contribution in [0.25, 0.3) is 0 Å². The number of rotatable bonds is 4. The summed E-state index contributed by atoms with van der Waals surface area (Å²) in [6.45, 7) is 0.640. The fourth-order valence-electron chi connectivity index (χ4n) is 4.25. The van der Waals surface area contributed by atoms with E-state index in [4.69, 9.17) is 28.9 Å². The molecule has 30 heavy (non-hydrogen) atoms. The number of nitrogens with one attached hydrogen (secondary N) is 1. The van der Waals surface area contributed by atoms with Crippen LogP contribution in [0.2, 0.25) is 10.0 Å². The Labute approximate surface area is 185 Å². The maximum Gasteiger partial charge on any atom is 0.264 e. The molecule has 1 aromatic carbocycles. The average molecular weight is 453 g/mol. The minimum atomic E-state index is -0.948. The second-order valence-electron chi connectivity index (χ2n) is 8.43. The molecule has 2 saturated carbocycles. The van der Waals surface area contributed by atoms with Crippen LogP contribution < -0.4 is 11.1 Å². The van der Waals surface area contributed by atoms with Gasteiger partial charge in [0.05, 0.1) is 10.0 Å². The lowest BCUT2D eigenvalue weighted by Gasteiger charge is -2.33. The molecule has 162 valence electrons. The van der Waals surface area contributed by atoms with Gasteiger partial charge in [0.15, 0.2) is 6.17 Å². The average Bonchev–Trinajstić information content (AvgIpc) is 3.48. The number of carbonyl (C=O) groups excluding carboxylic acids is 3. The smallest absolute Gasteiger partial charge is 0.264 e. The van der Waals surface area contributed by atoms with Crippen LogP contribution in [0.1, 0.15) is 48.9 Å². The Morgan fingerprint density at radius 3 is 2.23 bits per heavy atom. The van der Waals surface area contributed by atoms with Gasteiger partial charge in [-0.15, -0.1) is 0 Å². The fraction of sp³-hybridized carbons (Fsp3) is 0.571. The number of benzene rings is 1. The summed E-state index contributed by atoms with van der Waals surface area (Å²) in [6, 6.07) is 4.82. The zero-order chi connectivity index (χ0) is 21.4. The summed E-state index contributed by atoms with van der Waals surface area (Å²) < 4.78 is 0. The quantitative estimate of drug-likeness (QED) is 0.732. The van der Waals surface area contributed by atoms with Gasteiger partial charge in [0.25, 0.3) is 11.8 Å². The highest BCUT2D eigenvalue weighted by molar-refractivity contribution is 6.42. The topological polar surface area (TPSA) is 95.7 Å². The first-order chi connectivity index (χ1) is 14.3. The van der Waals surface area contributed by atoms with Crippen LogP contribution in [-0.4, -0.2) is 58.9 Å². The molecule has 3 fully saturated rings. The fourth-order valence-corrected chi connectivity index (χ4v) is 4.55. The molecule has 1 atom stereocenters. The molecule has 0 aromatic heterocycles. The van der Waals surface area contributed by atoms with E-state index in [1.807, 2.05) is 0 Å². The molecule has 2 aliphatic carbocycles. The highest BCUT2D eigenvalue weighted by Gasteiger charge is 2.46. The van der Waals surface area contributed by atoms with E-state index >= 15 is 0 Å². The Kier molecular flexibility index (Phi) is 6.23. The van der Waals surface area contributed by atoms with Crippen LogP contribution in [0.4, 0.5) is 0 Å². The molecule has 7 nitrogen and oxygen atoms in total. The molecule has 1 saturated heterocycles. The number of hydrogen-bond donors (Lipinski definition) is 2. The zero-order valence-corrected chi connectivity index (χ0v) is 18.2. The molecule has 1 heterocycles. The van der Waals surface area contributed by atoms with Crippen LogP contribution in [0.3, 0.4) is 0 Å². The number of halogens is 2. The second kappa shape index (κ2) is 8.73. The van der Waals surface area contributed by atoms with Crippen LogP contribution in [0.5, 0.6) is 0 Å². The van der Waals surface area contributed by atoms with Gasteiger partial charge in [-0.1, -0.05) is 23.2 Å². The summed E-state index contributed by atoms with van der Waals surface area (Å²) in [6.07, 6.45) is 4.04. The van der Waals surface area contributed by atoms with Crippen LogP contribution >= 0.6 is 23.2 Å². The minimum absolute atomic E-state index is 0.0118. The molecule has 0 bridgehead atoms. The third kappa shape index (κ3) is 4.43. The van der Waals surface area contributed by atoms with Crippen LogP contribution in [-0.2, 0) is 9.59 Å². The summed E-state index contributed by atoms with van der Waals surface area (Å²) in [5.41, 5.74) is 6.30. The maximum absolute atomic E-state index is 13.2. The van der Waals surface area contributed by atoms with Crippen molar-refractivity contribution in [2.45, 2.75) is 56.8 Å². The normalized spacial score (nSPS) is 26.6. The van der Waals surface area contributed by atoms with Gasteiger partial charge in [-0.3, -0.25) is 14.4 Å². The SMILES string of the molecule is NC1CCC(NC(=O)C2N(C(=O)c3ccc(Cl)c(Cl)c3)CCN2C(=O)C2CC2)CC1. The first-order valence-corrected chi connectivity index (χ1v) is 11.2. The van der Waals surface area contributed by atoms with Crippen molar-refractivity contribution in [3.05, 3.63) is 33.8 Å². The van der Waals surface area contributed by atoms with Gasteiger partial charge in [0, 0.05) is 36.7 Å². The molecule has 3 N–H and O–H groups in total. The monoisotopic (exact) mass is 452 g/mol. The summed E-state index contributed by atoms with van der Waals surface area (Å²) in [5.74, 6) is -0.737. The van der Waals surface area contributed by atoms with Gasteiger partial charge < -0.3 is 20.9 Å². The maximum atomic E-state index is 13.2. The first-order valence-electron chi connectivity index (χ1n) is 10.5. The van der Waals surface area contributed by atoms with Crippen molar-refractivity contribution in [1.82, 2.24) is 15.1 Å². The van der Waals surface area contributed by atoms with Gasteiger partial charge in [-0.2, -0.15) is 0 Å². The third-order valence-corrected chi connectivity index (χ3v) is 6.90. The van der Waals surface area contributed by atoms with E-state index in [1.54, 1.807) is 17.0 Å². The van der Waals surface area contributed by atoms with E-state index in [9.17, 15) is 14.4 Å². The van der Waals surface area contributed by atoms with Crippen LogP contribution in [0.15, 0.2) is 18.2 Å². The molecule has 3 amide bonds. The molecule has 9 heteroatoms. The lowest BCUT2D eigenvalue weighted by molar-refractivity contribution is -0.142. The van der Waals surface area contributed by atoms with Crippen molar-refractivity contribution in [3.8, 4) is 0 Å². The van der Waals surface area contributed by atoms with Gasteiger partial charge in [-0.25, -0.2) is 0 Å². The van der Waals surface area contributed by atoms with Crippen LogP contribution in [0, 0.1) is 5.92 Å². The van der Waals surface area contributed by atoms with E-state index in [0.29, 0.717) is 23.7 Å². The molecule has 3 aliphatic rings. The molecule has 0 radical (unpaired) electrons. The molecular formula is C21H26Cl2N4O3. The highest BCUT2D eigenvalue weighted by atomic mass is 35.5. The van der Waals surface area contributed by atoms with Crippen molar-refractivity contribution in [2.75, 3.05) is 13.1 Å². The molecule has 1 aromatic rings. The predicted molar refractivity (Wildman–Crippen MR) is 114 cm³/mol. The standard InChI is InChI=1S/C21H26Cl2N4O3/c22-16-8-3-13(11-17(16)23)21(30)27-10-9-26(20(29)12-1-2-12)19(27)18(28)25-15-6-4-14(24)5-7-15/h3,8,11-12,14-15,19H,1-2,4-7,9-10,24H2,(H,25,28). The molecule has 4 rings (SSSR count). The Balaban J connectivity index is 1.55. The largest absolute Gasteiger partial charge is 0.350 e. The van der Waals surface area contributed by atoms with E-state index < -0.39 is 6.17 Å². The zero-order valence-electron chi connectivity index (χ0n) is 16.7. The summed E-state index contributed by atoms with van der Waals surface area (Å²) in [5, 5.41) is 3.68. The first kappa shape index (κ1) is 21.4. The molecule has 1 unspecified atom stereocenters. The van der Waals surface area contributed by atoms with Crippen molar-refractivity contribution >= 4 is 40.9 Å². The van der Waals surface area contributed by atoms with Gasteiger partial charge >= 0.3 is 0 Å². The van der Waals surface area contributed by atoms with Gasteiger partial charge in [0.2, 0.25) is 5.91 Å². The van der Waals surface area contributed by atoms with Crippen molar-refractivity contribution in [3.63, 3.8) is 0 Å². The third-order valence-electron chi connectivity index (χ3n) is 6.16. The van der Waals surface area contributed by atoms with Gasteiger partial charge in [-0.05, 0) is 56.7 Å². The Bertz CT molecular complexity index is 853. The second-order valence-corrected chi connectivity index (χ2v) is 9.24. The van der Waals surface area contributed by atoms with Crippen molar-refractivity contribution in [1.29, 1.82) is 0 Å². The minimum Gasteiger partial charge on any atom is -0.350 e. The van der Waals surface area contributed by atoms with Gasteiger partial charge in [0.1, 0.15) is 0 Å². The Hall–Kier alpha value is -1.83. The van der Waals surface area contributed by atoms with E-state index in [-0.39, 0.29) is 40.7 Å². The lowest BCUT2D eigenvalue weighted by Crippen LogP contribution is -2.56. The summed E-state index contributed by atoms with van der Waals surface area (Å²) in [7, 11) is 0. The summed E-state index contributed by atoms with van der Waals surface area (Å²) in [4.78, 5) is 42.3. The van der Waals surface area contributed by atoms with E-state index in [1.165, 1.54) is 11.0 Å².